The highest BCUT2D eigenvalue weighted by Crippen LogP contribution is 2.20. The van der Waals surface area contributed by atoms with Gasteiger partial charge in [0.1, 0.15) is 5.60 Å². The van der Waals surface area contributed by atoms with E-state index in [2.05, 4.69) is 0 Å². The number of hydrogen-bond donors (Lipinski definition) is 0. The summed E-state index contributed by atoms with van der Waals surface area (Å²) in [6.45, 7) is 11.8. The molecule has 1 saturated heterocycles. The number of piperazine rings is 1. The molecule has 1 atom stereocenters. The Morgan fingerprint density at radius 2 is 1.41 bits per heavy atom. The summed E-state index contributed by atoms with van der Waals surface area (Å²) in [7, 11) is 0. The molecule has 0 N–H and O–H groups in total. The normalized spacial score (nSPS) is 16.4. The summed E-state index contributed by atoms with van der Waals surface area (Å²) in [6, 6.07) is 3.89. The van der Waals surface area contributed by atoms with Crippen molar-refractivity contribution in [3.8, 4) is 0 Å². The second-order valence-corrected chi connectivity index (χ2v) is 8.51. The quantitative estimate of drug-likeness (QED) is 0.504. The number of amides is 2. The number of hydrogen-bond acceptors (Lipinski definition) is 7. The molecule has 9 heteroatoms. The Kier molecular flexibility index (Phi) is 8.24. The standard InChI is InChI=1S/C23H32N2O7/c1-7-30-20(27)17-11-16(12-18(13-17)21(28)31-8-2)19(26)25-10-9-24(14-15(25)3)22(29)32-23(4,5)6/h11-13,15H,7-10,14H2,1-6H3/t15-/m0/s1. The van der Waals surface area contributed by atoms with Crippen molar-refractivity contribution in [2.75, 3.05) is 32.8 Å². The minimum absolute atomic E-state index is 0.0980. The SMILES string of the molecule is CCOC(=O)c1cc(C(=O)OCC)cc(C(=O)N2CCN(C(=O)OC(C)(C)C)C[C@@H]2C)c1. The van der Waals surface area contributed by atoms with Crippen molar-refractivity contribution in [3.63, 3.8) is 0 Å². The van der Waals surface area contributed by atoms with Crippen LogP contribution in [0.15, 0.2) is 18.2 Å². The Morgan fingerprint density at radius 3 is 1.84 bits per heavy atom. The number of rotatable bonds is 5. The number of carbonyl (C=O) groups is 4. The van der Waals surface area contributed by atoms with Crippen LogP contribution in [0.5, 0.6) is 0 Å². The van der Waals surface area contributed by atoms with Crippen molar-refractivity contribution in [2.24, 2.45) is 0 Å². The number of benzene rings is 1. The fraction of sp³-hybridized carbons (Fsp3) is 0.565. The van der Waals surface area contributed by atoms with Gasteiger partial charge in [0.2, 0.25) is 0 Å². The van der Waals surface area contributed by atoms with Gasteiger partial charge in [-0.2, -0.15) is 0 Å². The van der Waals surface area contributed by atoms with Gasteiger partial charge in [0.15, 0.2) is 0 Å². The fourth-order valence-corrected chi connectivity index (χ4v) is 3.33. The summed E-state index contributed by atoms with van der Waals surface area (Å²) in [6.07, 6.45) is -0.426. The lowest BCUT2D eigenvalue weighted by molar-refractivity contribution is 0.00613. The van der Waals surface area contributed by atoms with E-state index >= 15 is 0 Å². The van der Waals surface area contributed by atoms with Crippen LogP contribution >= 0.6 is 0 Å². The maximum Gasteiger partial charge on any atom is 0.410 e. The Morgan fingerprint density at radius 1 is 0.906 bits per heavy atom. The largest absolute Gasteiger partial charge is 0.462 e. The van der Waals surface area contributed by atoms with Crippen molar-refractivity contribution in [1.29, 1.82) is 0 Å². The summed E-state index contributed by atoms with van der Waals surface area (Å²) in [4.78, 5) is 53.3. The maximum atomic E-state index is 13.3. The Labute approximate surface area is 188 Å². The molecule has 1 aromatic rings. The highest BCUT2D eigenvalue weighted by Gasteiger charge is 2.33. The van der Waals surface area contributed by atoms with Crippen LogP contribution < -0.4 is 0 Å². The molecule has 0 saturated carbocycles. The fourth-order valence-electron chi connectivity index (χ4n) is 3.33. The first-order valence-electron chi connectivity index (χ1n) is 10.7. The molecular formula is C23H32N2O7. The van der Waals surface area contributed by atoms with Crippen LogP contribution in [0.3, 0.4) is 0 Å². The van der Waals surface area contributed by atoms with Gasteiger partial charge in [-0.25, -0.2) is 14.4 Å². The molecule has 0 spiro atoms. The monoisotopic (exact) mass is 448 g/mol. The number of ether oxygens (including phenoxy) is 3. The van der Waals surface area contributed by atoms with Crippen LogP contribution in [0.25, 0.3) is 0 Å². The zero-order chi connectivity index (χ0) is 24.1. The van der Waals surface area contributed by atoms with Gasteiger partial charge in [-0.1, -0.05) is 0 Å². The molecule has 9 nitrogen and oxygen atoms in total. The summed E-state index contributed by atoms with van der Waals surface area (Å²) in [5.41, 5.74) is -0.234. The predicted molar refractivity (Wildman–Crippen MR) is 117 cm³/mol. The van der Waals surface area contributed by atoms with Gasteiger partial charge in [-0.05, 0) is 59.7 Å². The summed E-state index contributed by atoms with van der Waals surface area (Å²) in [5, 5.41) is 0. The van der Waals surface area contributed by atoms with E-state index in [9.17, 15) is 19.2 Å². The van der Waals surface area contributed by atoms with Crippen LogP contribution in [-0.2, 0) is 14.2 Å². The number of esters is 2. The minimum Gasteiger partial charge on any atom is -0.462 e. The molecule has 0 unspecified atom stereocenters. The molecule has 1 heterocycles. The number of nitrogens with zero attached hydrogens (tertiary/aromatic N) is 2. The first-order valence-corrected chi connectivity index (χ1v) is 10.7. The first kappa shape index (κ1) is 25.2. The van der Waals surface area contributed by atoms with Crippen molar-refractivity contribution in [3.05, 3.63) is 34.9 Å². The Balaban J connectivity index is 2.25. The summed E-state index contributed by atoms with van der Waals surface area (Å²) in [5.74, 6) is -1.61. The third-order valence-electron chi connectivity index (χ3n) is 4.74. The molecule has 1 aromatic carbocycles. The topological polar surface area (TPSA) is 102 Å². The van der Waals surface area contributed by atoms with E-state index in [-0.39, 0.29) is 48.4 Å². The van der Waals surface area contributed by atoms with Crippen LogP contribution in [0.2, 0.25) is 0 Å². The zero-order valence-electron chi connectivity index (χ0n) is 19.6. The minimum atomic E-state index is -0.629. The summed E-state index contributed by atoms with van der Waals surface area (Å²) < 4.78 is 15.5. The average molecular weight is 449 g/mol. The third kappa shape index (κ3) is 6.45. The van der Waals surface area contributed by atoms with E-state index < -0.39 is 23.6 Å². The zero-order valence-corrected chi connectivity index (χ0v) is 19.6. The molecule has 2 amide bonds. The molecule has 1 aliphatic rings. The number of carbonyl (C=O) groups excluding carboxylic acids is 4. The Bertz CT molecular complexity index is 839. The first-order chi connectivity index (χ1) is 15.0. The van der Waals surface area contributed by atoms with Gasteiger partial charge in [0, 0.05) is 31.2 Å². The summed E-state index contributed by atoms with van der Waals surface area (Å²) >= 11 is 0. The molecule has 0 radical (unpaired) electrons. The lowest BCUT2D eigenvalue weighted by Gasteiger charge is -2.40. The predicted octanol–water partition coefficient (Wildman–Crippen LogP) is 3.12. The van der Waals surface area contributed by atoms with Crippen molar-refractivity contribution in [2.45, 2.75) is 53.2 Å². The van der Waals surface area contributed by atoms with Crippen molar-refractivity contribution < 1.29 is 33.4 Å². The molecule has 1 fully saturated rings. The molecule has 1 aliphatic heterocycles. The highest BCUT2D eigenvalue weighted by molar-refractivity contribution is 6.02. The van der Waals surface area contributed by atoms with Gasteiger partial charge < -0.3 is 24.0 Å². The molecular weight excluding hydrogens is 416 g/mol. The van der Waals surface area contributed by atoms with Crippen LogP contribution in [-0.4, -0.2) is 78.2 Å². The van der Waals surface area contributed by atoms with Gasteiger partial charge in [0.25, 0.3) is 5.91 Å². The van der Waals surface area contributed by atoms with Gasteiger partial charge in [-0.15, -0.1) is 0 Å². The van der Waals surface area contributed by atoms with E-state index in [4.69, 9.17) is 14.2 Å². The lowest BCUT2D eigenvalue weighted by Crippen LogP contribution is -2.56. The second kappa shape index (κ2) is 10.5. The van der Waals surface area contributed by atoms with E-state index in [0.29, 0.717) is 13.1 Å². The van der Waals surface area contributed by atoms with E-state index in [0.717, 1.165) is 0 Å². The highest BCUT2D eigenvalue weighted by atomic mass is 16.6. The van der Waals surface area contributed by atoms with E-state index in [1.165, 1.54) is 18.2 Å². The van der Waals surface area contributed by atoms with Crippen molar-refractivity contribution in [1.82, 2.24) is 9.80 Å². The lowest BCUT2D eigenvalue weighted by atomic mass is 10.0. The molecule has 0 aromatic heterocycles. The molecule has 0 aliphatic carbocycles. The molecule has 176 valence electrons. The second-order valence-electron chi connectivity index (χ2n) is 8.51. The Hall–Kier alpha value is -3.10. The van der Waals surface area contributed by atoms with Crippen LogP contribution in [0, 0.1) is 0 Å². The molecule has 0 bridgehead atoms. The molecule has 2 rings (SSSR count). The van der Waals surface area contributed by atoms with Crippen LogP contribution in [0.1, 0.15) is 72.6 Å². The maximum absolute atomic E-state index is 13.3. The van der Waals surface area contributed by atoms with Crippen molar-refractivity contribution >= 4 is 23.9 Å². The van der Waals surface area contributed by atoms with E-state index in [1.807, 2.05) is 6.92 Å². The van der Waals surface area contributed by atoms with Crippen LogP contribution in [0.4, 0.5) is 4.79 Å². The molecule has 32 heavy (non-hydrogen) atoms. The van der Waals surface area contributed by atoms with E-state index in [1.54, 1.807) is 44.4 Å². The smallest absolute Gasteiger partial charge is 0.410 e. The van der Waals surface area contributed by atoms with Gasteiger partial charge in [0.05, 0.1) is 24.3 Å². The van der Waals surface area contributed by atoms with Gasteiger partial charge in [-0.3, -0.25) is 4.79 Å². The van der Waals surface area contributed by atoms with Gasteiger partial charge >= 0.3 is 18.0 Å². The third-order valence-corrected chi connectivity index (χ3v) is 4.74. The average Bonchev–Trinajstić information content (AvgIpc) is 2.72.